The molecule has 0 spiro atoms. The normalized spacial score (nSPS) is 21.0. The summed E-state index contributed by atoms with van der Waals surface area (Å²) in [5.41, 5.74) is 2.20. The van der Waals surface area contributed by atoms with Gasteiger partial charge in [-0.05, 0) is 38.8 Å². The standard InChI is InChI=1S/C27H29F3N10O/c1-32-12-18-10-22(38-25(37-18)27(28,29)30)41-20-4-2-19(3-5-20)39-14-26(15-39,7-8-31)40-13-17(11-36-40)23-21-6-9-33-24(21)35-16-34-23/h6,9-11,13,16,19-20,32H,2-5,7,12,14-15H2,1H3,(H,33,34,35)/t19-,20+. The van der Waals surface area contributed by atoms with Gasteiger partial charge in [-0.3, -0.25) is 9.58 Å². The lowest BCUT2D eigenvalue weighted by molar-refractivity contribution is -0.145. The van der Waals surface area contributed by atoms with Crippen LogP contribution in [0.4, 0.5) is 13.2 Å². The van der Waals surface area contributed by atoms with Gasteiger partial charge in [-0.2, -0.15) is 28.5 Å². The number of hydrogen-bond acceptors (Lipinski definition) is 9. The third-order valence-corrected chi connectivity index (χ3v) is 7.91. The van der Waals surface area contributed by atoms with Crippen molar-refractivity contribution >= 4 is 11.0 Å². The number of H-pyrrole nitrogens is 1. The molecule has 4 aromatic heterocycles. The van der Waals surface area contributed by atoms with Gasteiger partial charge in [-0.1, -0.05) is 0 Å². The fourth-order valence-corrected chi connectivity index (χ4v) is 5.89. The number of alkyl halides is 3. The van der Waals surface area contributed by atoms with Gasteiger partial charge in [-0.25, -0.2) is 15.0 Å². The van der Waals surface area contributed by atoms with Crippen molar-refractivity contribution in [3.63, 3.8) is 0 Å². The highest BCUT2D eigenvalue weighted by atomic mass is 19.4. The number of hydrogen-bond donors (Lipinski definition) is 2. The van der Waals surface area contributed by atoms with Crippen LogP contribution in [-0.2, 0) is 18.3 Å². The van der Waals surface area contributed by atoms with Crippen LogP contribution in [0, 0.1) is 11.3 Å². The third kappa shape index (κ3) is 5.34. The first-order valence-electron chi connectivity index (χ1n) is 13.5. The first-order chi connectivity index (χ1) is 19.8. The highest BCUT2D eigenvalue weighted by Gasteiger charge is 2.48. The van der Waals surface area contributed by atoms with Crippen molar-refractivity contribution in [2.45, 2.75) is 62.5 Å². The fourth-order valence-electron chi connectivity index (χ4n) is 5.89. The van der Waals surface area contributed by atoms with E-state index in [1.54, 1.807) is 13.2 Å². The van der Waals surface area contributed by atoms with Crippen LogP contribution in [-0.4, -0.2) is 71.9 Å². The molecule has 1 aliphatic carbocycles. The predicted molar refractivity (Wildman–Crippen MR) is 141 cm³/mol. The summed E-state index contributed by atoms with van der Waals surface area (Å²) in [6, 6.07) is 6.03. The van der Waals surface area contributed by atoms with E-state index in [-0.39, 0.29) is 24.2 Å². The fraction of sp³-hybridized carbons (Fsp3) is 0.481. The van der Waals surface area contributed by atoms with Gasteiger partial charge in [0.05, 0.1) is 30.1 Å². The molecule has 1 aliphatic heterocycles. The Kier molecular flexibility index (Phi) is 7.08. The average Bonchev–Trinajstić information content (AvgIpc) is 3.61. The Hall–Kier alpha value is -4.09. The Morgan fingerprint density at radius 3 is 2.73 bits per heavy atom. The second-order valence-corrected chi connectivity index (χ2v) is 10.7. The Bertz CT molecular complexity index is 1560. The van der Waals surface area contributed by atoms with Crippen LogP contribution in [0.2, 0.25) is 0 Å². The predicted octanol–water partition coefficient (Wildman–Crippen LogP) is 3.66. The summed E-state index contributed by atoms with van der Waals surface area (Å²) in [4.78, 5) is 21.4. The molecule has 41 heavy (non-hydrogen) atoms. The van der Waals surface area contributed by atoms with Gasteiger partial charge in [0.2, 0.25) is 11.7 Å². The van der Waals surface area contributed by atoms with Crippen molar-refractivity contribution in [3.05, 3.63) is 48.6 Å². The molecule has 0 amide bonds. The molecule has 5 heterocycles. The van der Waals surface area contributed by atoms with Crippen LogP contribution < -0.4 is 10.1 Å². The number of aromatic amines is 1. The minimum Gasteiger partial charge on any atom is -0.474 e. The van der Waals surface area contributed by atoms with E-state index in [4.69, 9.17) is 4.74 Å². The molecule has 11 nitrogen and oxygen atoms in total. The average molecular weight is 567 g/mol. The molecule has 0 unspecified atom stereocenters. The number of aromatic nitrogens is 7. The Balaban J connectivity index is 1.09. The second kappa shape index (κ2) is 10.7. The number of nitrogens with one attached hydrogen (secondary N) is 2. The SMILES string of the molecule is CNCc1cc(O[C@H]2CC[C@@H](N3CC(CC#N)(n4cc(-c5ncnc6[nH]ccc56)cn4)C3)CC2)nc(C(F)(F)F)n1. The Morgan fingerprint density at radius 2 is 2.00 bits per heavy atom. The largest absolute Gasteiger partial charge is 0.474 e. The zero-order chi connectivity index (χ0) is 28.6. The lowest BCUT2D eigenvalue weighted by atomic mass is 9.82. The van der Waals surface area contributed by atoms with Crippen LogP contribution in [0.3, 0.4) is 0 Å². The Labute approximate surface area is 233 Å². The quantitative estimate of drug-likeness (QED) is 0.328. The van der Waals surface area contributed by atoms with Gasteiger partial charge in [-0.15, -0.1) is 0 Å². The molecule has 0 aromatic carbocycles. The van der Waals surface area contributed by atoms with E-state index in [2.05, 4.69) is 46.3 Å². The summed E-state index contributed by atoms with van der Waals surface area (Å²) in [6.45, 7) is 1.56. The molecule has 1 saturated carbocycles. The van der Waals surface area contributed by atoms with Gasteiger partial charge in [0.1, 0.15) is 23.6 Å². The molecule has 0 bridgehead atoms. The summed E-state index contributed by atoms with van der Waals surface area (Å²) in [6.07, 6.45) is 5.60. The van der Waals surface area contributed by atoms with Gasteiger partial charge in [0, 0.05) is 55.1 Å². The van der Waals surface area contributed by atoms with Crippen LogP contribution in [0.1, 0.15) is 43.6 Å². The maximum Gasteiger partial charge on any atom is 0.451 e. The monoisotopic (exact) mass is 566 g/mol. The van der Waals surface area contributed by atoms with Gasteiger partial charge >= 0.3 is 6.18 Å². The van der Waals surface area contributed by atoms with Crippen molar-refractivity contribution < 1.29 is 17.9 Å². The summed E-state index contributed by atoms with van der Waals surface area (Å²) >= 11 is 0. The van der Waals surface area contributed by atoms with E-state index in [0.717, 1.165) is 35.1 Å². The molecule has 2 fully saturated rings. The van der Waals surface area contributed by atoms with Crippen molar-refractivity contribution in [2.75, 3.05) is 20.1 Å². The van der Waals surface area contributed by atoms with Crippen molar-refractivity contribution in [3.8, 4) is 23.2 Å². The van der Waals surface area contributed by atoms with E-state index >= 15 is 0 Å². The van der Waals surface area contributed by atoms with Crippen molar-refractivity contribution in [1.29, 1.82) is 5.26 Å². The molecule has 14 heteroatoms. The van der Waals surface area contributed by atoms with E-state index in [1.807, 2.05) is 23.1 Å². The highest BCUT2D eigenvalue weighted by Crippen LogP contribution is 2.39. The number of likely N-dealkylation sites (tertiary alicyclic amines) is 1. The zero-order valence-corrected chi connectivity index (χ0v) is 22.4. The topological polar surface area (TPSA) is 133 Å². The molecule has 214 valence electrons. The number of ether oxygens (including phenoxy) is 1. The van der Waals surface area contributed by atoms with Crippen molar-refractivity contribution in [2.24, 2.45) is 0 Å². The number of nitrogens with zero attached hydrogens (tertiary/aromatic N) is 8. The van der Waals surface area contributed by atoms with Crippen LogP contribution in [0.15, 0.2) is 37.1 Å². The van der Waals surface area contributed by atoms with Crippen LogP contribution >= 0.6 is 0 Å². The lowest BCUT2D eigenvalue weighted by Gasteiger charge is -2.53. The van der Waals surface area contributed by atoms with Gasteiger partial charge in [0.25, 0.3) is 0 Å². The molecule has 1 saturated heterocycles. The number of fused-ring (bicyclic) bond motifs is 1. The molecule has 6 rings (SSSR count). The summed E-state index contributed by atoms with van der Waals surface area (Å²) in [5, 5.41) is 18.0. The van der Waals surface area contributed by atoms with Gasteiger partial charge in [0.15, 0.2) is 0 Å². The van der Waals surface area contributed by atoms with E-state index in [1.165, 1.54) is 12.4 Å². The minimum absolute atomic E-state index is 0.0481. The third-order valence-electron chi connectivity index (χ3n) is 7.91. The second-order valence-electron chi connectivity index (χ2n) is 10.7. The number of nitriles is 1. The lowest BCUT2D eigenvalue weighted by Crippen LogP contribution is -2.65. The highest BCUT2D eigenvalue weighted by molar-refractivity contribution is 5.90. The van der Waals surface area contributed by atoms with Crippen molar-refractivity contribution in [1.82, 2.24) is 44.9 Å². The van der Waals surface area contributed by atoms with Crippen LogP contribution in [0.5, 0.6) is 5.88 Å². The molecule has 0 radical (unpaired) electrons. The summed E-state index contributed by atoms with van der Waals surface area (Å²) in [7, 11) is 1.64. The van der Waals surface area contributed by atoms with Crippen LogP contribution in [0.25, 0.3) is 22.3 Å². The zero-order valence-electron chi connectivity index (χ0n) is 22.4. The minimum atomic E-state index is -4.65. The molecule has 0 atom stereocenters. The Morgan fingerprint density at radius 1 is 1.20 bits per heavy atom. The first kappa shape index (κ1) is 27.1. The molecule has 2 aliphatic rings. The maximum atomic E-state index is 13.3. The number of rotatable bonds is 8. The molecule has 2 N–H and O–H groups in total. The smallest absolute Gasteiger partial charge is 0.451 e. The van der Waals surface area contributed by atoms with E-state index in [0.29, 0.717) is 38.4 Å². The molecular weight excluding hydrogens is 537 g/mol. The molecular formula is C27H29F3N10O. The van der Waals surface area contributed by atoms with Gasteiger partial charge < -0.3 is 15.0 Å². The summed E-state index contributed by atoms with van der Waals surface area (Å²) < 4.78 is 47.7. The van der Waals surface area contributed by atoms with E-state index in [9.17, 15) is 18.4 Å². The number of halogens is 3. The first-order valence-corrected chi connectivity index (χ1v) is 13.5. The summed E-state index contributed by atoms with van der Waals surface area (Å²) in [5.74, 6) is -1.24. The molecule has 4 aromatic rings. The van der Waals surface area contributed by atoms with E-state index < -0.39 is 17.5 Å². The maximum absolute atomic E-state index is 13.3.